The van der Waals surface area contributed by atoms with Crippen molar-refractivity contribution in [2.75, 3.05) is 23.4 Å². The maximum atomic E-state index is 12.1. The van der Waals surface area contributed by atoms with Crippen molar-refractivity contribution in [2.24, 2.45) is 5.92 Å². The predicted molar refractivity (Wildman–Crippen MR) is 87.7 cm³/mol. The minimum atomic E-state index is -4.67. The molecule has 7 nitrogen and oxygen atoms in total. The molecule has 146 valence electrons. The molecule has 0 bridgehead atoms. The number of hydrogen-bond acceptors (Lipinski definition) is 5. The smallest absolute Gasteiger partial charge is 0.326 e. The maximum absolute atomic E-state index is 12.1. The van der Waals surface area contributed by atoms with Crippen molar-refractivity contribution in [2.45, 2.75) is 23.9 Å². The van der Waals surface area contributed by atoms with E-state index in [2.05, 4.69) is 5.32 Å². The van der Waals surface area contributed by atoms with Crippen LogP contribution < -0.4 is 10.0 Å². The molecule has 1 aromatic carbocycles. The second kappa shape index (κ2) is 7.53. The monoisotopic (exact) mass is 414 g/mol. The van der Waals surface area contributed by atoms with Crippen LogP contribution in [-0.2, 0) is 24.7 Å². The van der Waals surface area contributed by atoms with Crippen LogP contribution in [0.1, 0.15) is 12.8 Å². The zero-order valence-electron chi connectivity index (χ0n) is 13.4. The first-order valence-electron chi connectivity index (χ1n) is 7.53. The molecule has 12 heteroatoms. The van der Waals surface area contributed by atoms with Crippen LogP contribution in [0.15, 0.2) is 29.2 Å². The van der Waals surface area contributed by atoms with Crippen molar-refractivity contribution in [3.8, 4) is 0 Å². The third-order valence-corrected chi connectivity index (χ3v) is 6.97. The van der Waals surface area contributed by atoms with Crippen LogP contribution in [-0.4, -0.2) is 47.0 Å². The highest BCUT2D eigenvalue weighted by atomic mass is 32.2. The number of sulfone groups is 1. The second-order valence-electron chi connectivity index (χ2n) is 5.99. The molecule has 0 spiro atoms. The van der Waals surface area contributed by atoms with E-state index < -0.39 is 38.5 Å². The third-order valence-electron chi connectivity index (χ3n) is 3.71. The number of anilines is 1. The van der Waals surface area contributed by atoms with Crippen LogP contribution in [0.2, 0.25) is 0 Å². The minimum absolute atomic E-state index is 0.0203. The molecule has 0 saturated carbocycles. The van der Waals surface area contributed by atoms with Gasteiger partial charge in [-0.2, -0.15) is 13.2 Å². The minimum Gasteiger partial charge on any atom is -0.326 e. The lowest BCUT2D eigenvalue weighted by atomic mass is 10.1. The van der Waals surface area contributed by atoms with Crippen molar-refractivity contribution in [3.05, 3.63) is 24.3 Å². The van der Waals surface area contributed by atoms with Gasteiger partial charge in [0.15, 0.2) is 9.84 Å². The molecule has 0 unspecified atom stereocenters. The van der Waals surface area contributed by atoms with Crippen molar-refractivity contribution in [1.82, 2.24) is 4.72 Å². The Kier molecular flexibility index (Phi) is 5.98. The Morgan fingerprint density at radius 1 is 1.19 bits per heavy atom. The number of rotatable bonds is 6. The third kappa shape index (κ3) is 6.25. The lowest BCUT2D eigenvalue weighted by molar-refractivity contribution is -0.121. The number of amides is 1. The fraction of sp³-hybridized carbons (Fsp3) is 0.500. The van der Waals surface area contributed by atoms with Gasteiger partial charge >= 0.3 is 6.18 Å². The van der Waals surface area contributed by atoms with E-state index in [9.17, 15) is 34.8 Å². The number of sulfonamides is 1. The molecule has 2 N–H and O–H groups in total. The summed E-state index contributed by atoms with van der Waals surface area (Å²) >= 11 is 0. The van der Waals surface area contributed by atoms with Crippen LogP contribution in [0.25, 0.3) is 0 Å². The van der Waals surface area contributed by atoms with Crippen LogP contribution in [0.4, 0.5) is 18.9 Å². The van der Waals surface area contributed by atoms with E-state index in [4.69, 9.17) is 0 Å². The number of carbonyl (C=O) groups is 1. The molecule has 1 fully saturated rings. The number of carbonyl (C=O) groups excluding carboxylic acids is 1. The highest BCUT2D eigenvalue weighted by Gasteiger charge is 2.30. The molecule has 0 aliphatic carbocycles. The summed E-state index contributed by atoms with van der Waals surface area (Å²) in [5, 5.41) is 2.50. The van der Waals surface area contributed by atoms with Gasteiger partial charge in [-0.05, 0) is 36.6 Å². The van der Waals surface area contributed by atoms with Crippen molar-refractivity contribution >= 4 is 31.5 Å². The Morgan fingerprint density at radius 3 is 2.31 bits per heavy atom. The van der Waals surface area contributed by atoms with Crippen molar-refractivity contribution in [1.29, 1.82) is 0 Å². The molecule has 0 radical (unpaired) electrons. The molecule has 1 amide bonds. The quantitative estimate of drug-likeness (QED) is 0.729. The lowest BCUT2D eigenvalue weighted by Gasteiger charge is -2.11. The van der Waals surface area contributed by atoms with E-state index >= 15 is 0 Å². The largest absolute Gasteiger partial charge is 0.402 e. The maximum Gasteiger partial charge on any atom is 0.402 e. The number of benzene rings is 1. The molecule has 1 saturated heterocycles. The summed E-state index contributed by atoms with van der Waals surface area (Å²) in [5.74, 6) is -0.658. The molecule has 1 aliphatic heterocycles. The Bertz CT molecular complexity index is 865. The van der Waals surface area contributed by atoms with Crippen molar-refractivity contribution in [3.63, 3.8) is 0 Å². The summed E-state index contributed by atoms with van der Waals surface area (Å²) in [4.78, 5) is 11.5. The number of hydrogen-bond donors (Lipinski definition) is 2. The summed E-state index contributed by atoms with van der Waals surface area (Å²) in [7, 11) is -7.41. The van der Waals surface area contributed by atoms with Crippen LogP contribution >= 0.6 is 0 Å². The van der Waals surface area contributed by atoms with Crippen molar-refractivity contribution < 1.29 is 34.8 Å². The van der Waals surface area contributed by atoms with Crippen LogP contribution in [0.5, 0.6) is 0 Å². The average molecular weight is 414 g/mol. The summed E-state index contributed by atoms with van der Waals surface area (Å²) < 4.78 is 84.0. The van der Waals surface area contributed by atoms with Gasteiger partial charge in [-0.1, -0.05) is 0 Å². The van der Waals surface area contributed by atoms with Gasteiger partial charge in [0.25, 0.3) is 0 Å². The molecule has 1 atom stereocenters. The first-order chi connectivity index (χ1) is 11.9. The molecular formula is C14H17F3N2O5S2. The Morgan fingerprint density at radius 2 is 1.81 bits per heavy atom. The zero-order chi connectivity index (χ0) is 19.6. The Balaban J connectivity index is 1.93. The van der Waals surface area contributed by atoms with E-state index in [1.54, 1.807) is 0 Å². The van der Waals surface area contributed by atoms with Gasteiger partial charge in [0.1, 0.15) is 6.54 Å². The molecule has 2 rings (SSSR count). The van der Waals surface area contributed by atoms with Crippen LogP contribution in [0, 0.1) is 5.92 Å². The molecule has 26 heavy (non-hydrogen) atoms. The summed E-state index contributed by atoms with van der Waals surface area (Å²) in [6.45, 7) is -1.68. The van der Waals surface area contributed by atoms with Gasteiger partial charge in [-0.25, -0.2) is 21.6 Å². The standard InChI is InChI=1S/C14H17F3N2O5S2/c15-14(16,17)9-18-26(23,24)12-3-1-11(2-4-12)19-13(20)7-10-5-6-25(21,22)8-10/h1-4,10,18H,5-9H2,(H,19,20)/t10-/m1/s1. The van der Waals surface area contributed by atoms with Gasteiger partial charge < -0.3 is 5.32 Å². The Hall–Kier alpha value is -1.66. The SMILES string of the molecule is O=C(C[C@H]1CCS(=O)(=O)C1)Nc1ccc(S(=O)(=O)NCC(F)(F)F)cc1. The van der Waals surface area contributed by atoms with E-state index in [0.717, 1.165) is 12.1 Å². The van der Waals surface area contributed by atoms with E-state index in [0.29, 0.717) is 6.42 Å². The summed E-state index contributed by atoms with van der Waals surface area (Å²) in [6.07, 6.45) is -4.24. The van der Waals surface area contributed by atoms with Crippen LogP contribution in [0.3, 0.4) is 0 Å². The van der Waals surface area contributed by atoms with Gasteiger partial charge in [-0.3, -0.25) is 4.79 Å². The first-order valence-corrected chi connectivity index (χ1v) is 10.8. The number of nitrogens with one attached hydrogen (secondary N) is 2. The molecule has 1 aliphatic rings. The summed E-state index contributed by atoms with van der Waals surface area (Å²) in [6, 6.07) is 4.61. The molecule has 1 aromatic rings. The van der Waals surface area contributed by atoms with Gasteiger partial charge in [0.2, 0.25) is 15.9 Å². The molecular weight excluding hydrogens is 397 g/mol. The van der Waals surface area contributed by atoms with E-state index in [1.165, 1.54) is 16.9 Å². The highest BCUT2D eigenvalue weighted by Crippen LogP contribution is 2.22. The summed E-state index contributed by atoms with van der Waals surface area (Å²) in [5.41, 5.74) is 0.255. The normalized spacial score (nSPS) is 20.0. The topological polar surface area (TPSA) is 109 Å². The lowest BCUT2D eigenvalue weighted by Crippen LogP contribution is -2.33. The van der Waals surface area contributed by atoms with Gasteiger partial charge in [0.05, 0.1) is 16.4 Å². The Labute approximate surface area is 148 Å². The van der Waals surface area contributed by atoms with E-state index in [1.807, 2.05) is 0 Å². The first kappa shape index (κ1) is 20.6. The fourth-order valence-corrected chi connectivity index (χ4v) is 5.36. The average Bonchev–Trinajstić information content (AvgIpc) is 2.84. The number of halogens is 3. The van der Waals surface area contributed by atoms with E-state index in [-0.39, 0.29) is 34.4 Å². The predicted octanol–water partition coefficient (Wildman–Crippen LogP) is 1.29. The van der Waals surface area contributed by atoms with Gasteiger partial charge in [-0.15, -0.1) is 0 Å². The fourth-order valence-electron chi connectivity index (χ4n) is 2.48. The number of alkyl halides is 3. The highest BCUT2D eigenvalue weighted by molar-refractivity contribution is 7.91. The van der Waals surface area contributed by atoms with Gasteiger partial charge in [0, 0.05) is 12.1 Å². The zero-order valence-corrected chi connectivity index (χ0v) is 15.0. The molecule has 0 aromatic heterocycles. The second-order valence-corrected chi connectivity index (χ2v) is 9.98. The molecule has 1 heterocycles.